The van der Waals surface area contributed by atoms with Crippen LogP contribution in [0.15, 0.2) is 53.0 Å². The fraction of sp³-hybridized carbons (Fsp3) is 0.379. The number of hydrogen-bond donors (Lipinski definition) is 0. The predicted octanol–water partition coefficient (Wildman–Crippen LogP) is 7.66. The SMILES string of the molecule is C/C=C\c1c(CC)c2ccccc2c2c1oc1cc(B3OC(C)(C)C(C)(C)O3)ccc12.CC. The van der Waals surface area contributed by atoms with Crippen LogP contribution in [0.3, 0.4) is 0 Å². The lowest BCUT2D eigenvalue weighted by atomic mass is 9.79. The molecule has 3 nitrogen and oxygen atoms in total. The monoisotopic (exact) mass is 442 g/mol. The molecular formula is C29H35BO3. The Morgan fingerprint density at radius 2 is 1.52 bits per heavy atom. The number of fused-ring (bicyclic) bond motifs is 5. The van der Waals surface area contributed by atoms with E-state index >= 15 is 0 Å². The highest BCUT2D eigenvalue weighted by Crippen LogP contribution is 2.41. The molecule has 1 fully saturated rings. The molecular weight excluding hydrogens is 407 g/mol. The summed E-state index contributed by atoms with van der Waals surface area (Å²) >= 11 is 0. The zero-order valence-electron chi connectivity index (χ0n) is 21.2. The Labute approximate surface area is 197 Å². The van der Waals surface area contributed by atoms with E-state index in [0.717, 1.165) is 28.4 Å². The van der Waals surface area contributed by atoms with Crippen molar-refractivity contribution >= 4 is 51.4 Å². The van der Waals surface area contributed by atoms with Crippen LogP contribution in [0.4, 0.5) is 0 Å². The van der Waals surface area contributed by atoms with Gasteiger partial charge in [0.1, 0.15) is 11.2 Å². The first-order valence-electron chi connectivity index (χ1n) is 12.2. The molecule has 0 radical (unpaired) electrons. The van der Waals surface area contributed by atoms with Gasteiger partial charge in [-0.1, -0.05) is 69.3 Å². The van der Waals surface area contributed by atoms with Crippen molar-refractivity contribution in [3.8, 4) is 0 Å². The smallest absolute Gasteiger partial charge is 0.455 e. The molecule has 4 heteroatoms. The third-order valence-electron chi connectivity index (χ3n) is 7.02. The van der Waals surface area contributed by atoms with Crippen molar-refractivity contribution in [1.29, 1.82) is 0 Å². The molecule has 0 amide bonds. The molecule has 172 valence electrons. The van der Waals surface area contributed by atoms with Crippen LogP contribution in [0.1, 0.15) is 66.5 Å². The van der Waals surface area contributed by atoms with E-state index in [4.69, 9.17) is 13.7 Å². The third kappa shape index (κ3) is 3.70. The van der Waals surface area contributed by atoms with Crippen molar-refractivity contribution in [2.45, 2.75) is 73.0 Å². The summed E-state index contributed by atoms with van der Waals surface area (Å²) in [5.41, 5.74) is 4.56. The van der Waals surface area contributed by atoms with Crippen molar-refractivity contribution < 1.29 is 13.7 Å². The van der Waals surface area contributed by atoms with E-state index < -0.39 is 7.12 Å². The van der Waals surface area contributed by atoms with Crippen LogP contribution in [0, 0.1) is 0 Å². The third-order valence-corrected chi connectivity index (χ3v) is 7.02. The van der Waals surface area contributed by atoms with Gasteiger partial charge in [0.2, 0.25) is 0 Å². The molecule has 1 saturated heterocycles. The molecule has 33 heavy (non-hydrogen) atoms. The van der Waals surface area contributed by atoms with Crippen LogP contribution < -0.4 is 5.46 Å². The highest BCUT2D eigenvalue weighted by atomic mass is 16.7. The number of furan rings is 1. The van der Waals surface area contributed by atoms with E-state index in [0.29, 0.717) is 0 Å². The zero-order chi connectivity index (χ0) is 24.0. The second-order valence-electron chi connectivity index (χ2n) is 9.44. The van der Waals surface area contributed by atoms with Crippen LogP contribution in [-0.4, -0.2) is 18.3 Å². The highest BCUT2D eigenvalue weighted by Gasteiger charge is 2.51. The Hall–Kier alpha value is -2.56. The van der Waals surface area contributed by atoms with Gasteiger partial charge >= 0.3 is 7.12 Å². The Bertz CT molecular complexity index is 1330. The van der Waals surface area contributed by atoms with Gasteiger partial charge in [0.15, 0.2) is 0 Å². The number of aryl methyl sites for hydroxylation is 1. The molecule has 5 rings (SSSR count). The summed E-state index contributed by atoms with van der Waals surface area (Å²) < 4.78 is 19.1. The maximum Gasteiger partial charge on any atom is 0.494 e. The van der Waals surface area contributed by atoms with Crippen LogP contribution in [0.2, 0.25) is 0 Å². The maximum absolute atomic E-state index is 6.53. The first kappa shape index (κ1) is 23.6. The number of hydrogen-bond acceptors (Lipinski definition) is 3. The predicted molar refractivity (Wildman–Crippen MR) is 142 cm³/mol. The van der Waals surface area contributed by atoms with Gasteiger partial charge in [-0.3, -0.25) is 0 Å². The molecule has 4 aromatic rings. The van der Waals surface area contributed by atoms with Crippen LogP contribution in [0.5, 0.6) is 0 Å². The van der Waals surface area contributed by atoms with Gasteiger partial charge in [-0.25, -0.2) is 0 Å². The second kappa shape index (κ2) is 8.66. The van der Waals surface area contributed by atoms with Gasteiger partial charge < -0.3 is 13.7 Å². The number of allylic oxidation sites excluding steroid dienone is 1. The molecule has 1 aliphatic rings. The van der Waals surface area contributed by atoms with Crippen LogP contribution in [-0.2, 0) is 15.7 Å². The normalized spacial score (nSPS) is 17.3. The molecule has 0 unspecified atom stereocenters. The summed E-state index contributed by atoms with van der Waals surface area (Å²) in [5, 5.41) is 4.84. The summed E-state index contributed by atoms with van der Waals surface area (Å²) in [4.78, 5) is 0. The quantitative estimate of drug-likeness (QED) is 0.305. The first-order valence-corrected chi connectivity index (χ1v) is 12.2. The van der Waals surface area contributed by atoms with Gasteiger partial charge in [-0.15, -0.1) is 0 Å². The van der Waals surface area contributed by atoms with E-state index in [9.17, 15) is 0 Å². The van der Waals surface area contributed by atoms with Gasteiger partial charge in [0.25, 0.3) is 0 Å². The molecule has 0 N–H and O–H groups in total. The fourth-order valence-electron chi connectivity index (χ4n) is 4.67. The van der Waals surface area contributed by atoms with Crippen molar-refractivity contribution in [2.75, 3.05) is 0 Å². The molecule has 3 aromatic carbocycles. The molecule has 0 spiro atoms. The minimum absolute atomic E-state index is 0.369. The molecule has 1 aliphatic heterocycles. The lowest BCUT2D eigenvalue weighted by Crippen LogP contribution is -2.41. The van der Waals surface area contributed by atoms with Crippen molar-refractivity contribution in [2.24, 2.45) is 0 Å². The van der Waals surface area contributed by atoms with Crippen molar-refractivity contribution in [1.82, 2.24) is 0 Å². The minimum Gasteiger partial charge on any atom is -0.455 e. The summed E-state index contributed by atoms with van der Waals surface area (Å²) in [7, 11) is -0.402. The van der Waals surface area contributed by atoms with Crippen molar-refractivity contribution in [3.05, 3.63) is 59.7 Å². The second-order valence-corrected chi connectivity index (χ2v) is 9.44. The van der Waals surface area contributed by atoms with E-state index in [1.807, 2.05) is 13.8 Å². The summed E-state index contributed by atoms with van der Waals surface area (Å²) in [6, 6.07) is 15.0. The average molecular weight is 442 g/mol. The Balaban J connectivity index is 0.00000126. The number of benzene rings is 3. The maximum atomic E-state index is 6.53. The Kier molecular flexibility index (Phi) is 6.19. The standard InChI is InChI=1S/C27H29BO3.C2H6/c1-7-11-21-18(8-2)19-12-9-10-13-20(19)24-22-15-14-17(16-23(22)29-25(21)24)28-30-26(3,4)27(5,6)31-28;1-2/h7,9-16H,8H2,1-6H3;1-2H3/b11-7-;. The molecule has 0 saturated carbocycles. The lowest BCUT2D eigenvalue weighted by molar-refractivity contribution is 0.00578. The fourth-order valence-corrected chi connectivity index (χ4v) is 4.67. The summed E-state index contributed by atoms with van der Waals surface area (Å²) in [5.74, 6) is 0. The van der Waals surface area contributed by atoms with Crippen LogP contribution in [0.25, 0.3) is 38.8 Å². The molecule has 0 bridgehead atoms. The van der Waals surface area contributed by atoms with E-state index in [1.165, 1.54) is 27.3 Å². The first-order chi connectivity index (χ1) is 15.8. The minimum atomic E-state index is -0.402. The Morgan fingerprint density at radius 1 is 0.879 bits per heavy atom. The van der Waals surface area contributed by atoms with E-state index in [2.05, 4.69) is 96.2 Å². The van der Waals surface area contributed by atoms with Crippen molar-refractivity contribution in [3.63, 3.8) is 0 Å². The summed E-state index contributed by atoms with van der Waals surface area (Å²) in [6.45, 7) is 16.6. The molecule has 1 aromatic heterocycles. The summed E-state index contributed by atoms with van der Waals surface area (Å²) in [6.07, 6.45) is 5.21. The molecule has 2 heterocycles. The molecule has 0 atom stereocenters. The Morgan fingerprint density at radius 3 is 2.12 bits per heavy atom. The van der Waals surface area contributed by atoms with Gasteiger partial charge in [0.05, 0.1) is 11.2 Å². The highest BCUT2D eigenvalue weighted by molar-refractivity contribution is 6.62. The van der Waals surface area contributed by atoms with Crippen LogP contribution >= 0.6 is 0 Å². The topological polar surface area (TPSA) is 31.6 Å². The average Bonchev–Trinajstić information content (AvgIpc) is 3.28. The van der Waals surface area contributed by atoms with Gasteiger partial charge in [-0.2, -0.15) is 0 Å². The van der Waals surface area contributed by atoms with Gasteiger partial charge in [0, 0.05) is 16.3 Å². The molecule has 0 aliphatic carbocycles. The lowest BCUT2D eigenvalue weighted by Gasteiger charge is -2.32. The largest absolute Gasteiger partial charge is 0.494 e. The van der Waals surface area contributed by atoms with E-state index in [-0.39, 0.29) is 11.2 Å². The van der Waals surface area contributed by atoms with Gasteiger partial charge in [-0.05, 0) is 68.9 Å². The van der Waals surface area contributed by atoms with E-state index in [1.54, 1.807) is 0 Å². The zero-order valence-corrected chi connectivity index (χ0v) is 21.2. The number of rotatable bonds is 3.